The average molecular weight is 254 g/mol. The van der Waals surface area contributed by atoms with Crippen LogP contribution in [-0.2, 0) is 0 Å². The lowest BCUT2D eigenvalue weighted by Gasteiger charge is -2.18. The number of hydrogen-bond acceptors (Lipinski definition) is 2. The summed E-state index contributed by atoms with van der Waals surface area (Å²) < 4.78 is 0. The minimum atomic E-state index is 0.275. The van der Waals surface area contributed by atoms with Crippen LogP contribution < -0.4 is 11.1 Å². The van der Waals surface area contributed by atoms with Crippen LogP contribution in [-0.4, -0.2) is 13.1 Å². The molecule has 3 N–H and O–H groups in total. The first-order valence-electron chi connectivity index (χ1n) is 7.20. The summed E-state index contributed by atoms with van der Waals surface area (Å²) in [6.45, 7) is 4.06. The molecule has 19 heavy (non-hydrogen) atoms. The fraction of sp³-hybridized carbons (Fsp3) is 0.412. The molecule has 0 aromatic heterocycles. The highest BCUT2D eigenvalue weighted by atomic mass is 14.9. The molecule has 1 aliphatic rings. The zero-order chi connectivity index (χ0) is 13.2. The maximum absolute atomic E-state index is 5.93. The van der Waals surface area contributed by atoms with Gasteiger partial charge in [-0.2, -0.15) is 0 Å². The standard InChI is InChI=1S/C17H22N2/c1-12-8-16(12)11-19-17(10-18)15-7-6-13-4-2-3-5-14(13)9-15/h2-7,9,12,16-17,19H,8,10-11,18H2,1H3. The molecule has 2 heteroatoms. The van der Waals surface area contributed by atoms with Crippen molar-refractivity contribution in [2.24, 2.45) is 17.6 Å². The monoisotopic (exact) mass is 254 g/mol. The fourth-order valence-electron chi connectivity index (χ4n) is 2.74. The number of hydrogen-bond donors (Lipinski definition) is 2. The Hall–Kier alpha value is -1.38. The molecule has 0 aliphatic heterocycles. The molecule has 0 bridgehead atoms. The molecule has 0 radical (unpaired) electrons. The van der Waals surface area contributed by atoms with Gasteiger partial charge in [-0.1, -0.05) is 43.3 Å². The molecule has 3 rings (SSSR count). The van der Waals surface area contributed by atoms with Crippen molar-refractivity contribution in [3.63, 3.8) is 0 Å². The molecular formula is C17H22N2. The second-order valence-corrected chi connectivity index (χ2v) is 5.78. The van der Waals surface area contributed by atoms with Crippen LogP contribution in [0.2, 0.25) is 0 Å². The molecule has 0 spiro atoms. The summed E-state index contributed by atoms with van der Waals surface area (Å²) in [4.78, 5) is 0. The van der Waals surface area contributed by atoms with Crippen LogP contribution in [0.25, 0.3) is 10.8 Å². The van der Waals surface area contributed by atoms with Crippen molar-refractivity contribution < 1.29 is 0 Å². The lowest BCUT2D eigenvalue weighted by atomic mass is 10.0. The van der Waals surface area contributed by atoms with Gasteiger partial charge in [-0.15, -0.1) is 0 Å². The van der Waals surface area contributed by atoms with Crippen LogP contribution in [0.5, 0.6) is 0 Å². The van der Waals surface area contributed by atoms with Gasteiger partial charge in [0.25, 0.3) is 0 Å². The molecule has 1 aliphatic carbocycles. The minimum Gasteiger partial charge on any atom is -0.329 e. The topological polar surface area (TPSA) is 38.0 Å². The van der Waals surface area contributed by atoms with Gasteiger partial charge in [0, 0.05) is 12.6 Å². The largest absolute Gasteiger partial charge is 0.329 e. The molecule has 3 atom stereocenters. The highest BCUT2D eigenvalue weighted by Gasteiger charge is 2.32. The predicted octanol–water partition coefficient (Wildman–Crippen LogP) is 3.09. The fourth-order valence-corrected chi connectivity index (χ4v) is 2.74. The van der Waals surface area contributed by atoms with Gasteiger partial charge in [-0.25, -0.2) is 0 Å². The molecule has 2 aromatic carbocycles. The van der Waals surface area contributed by atoms with Crippen molar-refractivity contribution in [1.29, 1.82) is 0 Å². The first kappa shape index (κ1) is 12.6. The summed E-state index contributed by atoms with van der Waals surface area (Å²) in [7, 11) is 0. The Labute approximate surface area is 115 Å². The van der Waals surface area contributed by atoms with Crippen molar-refractivity contribution in [2.45, 2.75) is 19.4 Å². The zero-order valence-corrected chi connectivity index (χ0v) is 11.5. The summed E-state index contributed by atoms with van der Waals surface area (Å²) >= 11 is 0. The van der Waals surface area contributed by atoms with E-state index in [2.05, 4.69) is 54.7 Å². The van der Waals surface area contributed by atoms with Crippen LogP contribution >= 0.6 is 0 Å². The zero-order valence-electron chi connectivity index (χ0n) is 11.5. The van der Waals surface area contributed by atoms with Gasteiger partial charge in [0.1, 0.15) is 0 Å². The van der Waals surface area contributed by atoms with Gasteiger partial charge in [-0.3, -0.25) is 0 Å². The van der Waals surface area contributed by atoms with Gasteiger partial charge in [0.2, 0.25) is 0 Å². The van der Waals surface area contributed by atoms with Crippen LogP contribution in [0.15, 0.2) is 42.5 Å². The highest BCUT2D eigenvalue weighted by Crippen LogP contribution is 2.37. The van der Waals surface area contributed by atoms with E-state index in [1.165, 1.54) is 22.8 Å². The van der Waals surface area contributed by atoms with E-state index < -0.39 is 0 Å². The van der Waals surface area contributed by atoms with Gasteiger partial charge in [0.05, 0.1) is 0 Å². The van der Waals surface area contributed by atoms with Gasteiger partial charge in [0.15, 0.2) is 0 Å². The first-order chi connectivity index (χ1) is 9.28. The molecule has 1 saturated carbocycles. The van der Waals surface area contributed by atoms with Gasteiger partial charge in [-0.05, 0) is 47.2 Å². The van der Waals surface area contributed by atoms with E-state index in [0.717, 1.165) is 18.4 Å². The summed E-state index contributed by atoms with van der Waals surface area (Å²) in [6, 6.07) is 15.4. The van der Waals surface area contributed by atoms with E-state index in [1.54, 1.807) is 0 Å². The van der Waals surface area contributed by atoms with Crippen molar-refractivity contribution in [2.75, 3.05) is 13.1 Å². The molecule has 0 saturated heterocycles. The summed E-state index contributed by atoms with van der Waals surface area (Å²) in [5.41, 5.74) is 7.23. The number of nitrogens with two attached hydrogens (primary N) is 1. The molecular weight excluding hydrogens is 232 g/mol. The molecule has 100 valence electrons. The molecule has 2 nitrogen and oxygen atoms in total. The third-order valence-electron chi connectivity index (χ3n) is 4.31. The number of fused-ring (bicyclic) bond motifs is 1. The van der Waals surface area contributed by atoms with Crippen molar-refractivity contribution >= 4 is 10.8 Å². The maximum Gasteiger partial charge on any atom is 0.0444 e. The highest BCUT2D eigenvalue weighted by molar-refractivity contribution is 5.83. The number of rotatable bonds is 5. The minimum absolute atomic E-state index is 0.275. The summed E-state index contributed by atoms with van der Waals surface area (Å²) in [5, 5.41) is 6.20. The SMILES string of the molecule is CC1CC1CNC(CN)c1ccc2ccccc2c1. The molecule has 3 unspecified atom stereocenters. The van der Waals surface area contributed by atoms with E-state index in [0.29, 0.717) is 6.54 Å². The van der Waals surface area contributed by atoms with Crippen molar-refractivity contribution in [1.82, 2.24) is 5.32 Å². The van der Waals surface area contributed by atoms with Crippen molar-refractivity contribution in [3.05, 3.63) is 48.0 Å². The molecule has 2 aromatic rings. The van der Waals surface area contributed by atoms with Gasteiger partial charge >= 0.3 is 0 Å². The smallest absolute Gasteiger partial charge is 0.0444 e. The van der Waals surface area contributed by atoms with E-state index in [4.69, 9.17) is 5.73 Å². The maximum atomic E-state index is 5.93. The Morgan fingerprint density at radius 1 is 1.21 bits per heavy atom. The predicted molar refractivity (Wildman–Crippen MR) is 81.0 cm³/mol. The lowest BCUT2D eigenvalue weighted by molar-refractivity contribution is 0.512. The van der Waals surface area contributed by atoms with Crippen molar-refractivity contribution in [3.8, 4) is 0 Å². The Morgan fingerprint density at radius 3 is 2.63 bits per heavy atom. The summed E-state index contributed by atoms with van der Waals surface area (Å²) in [5.74, 6) is 1.75. The number of nitrogens with one attached hydrogen (secondary N) is 1. The van der Waals surface area contributed by atoms with Crippen LogP contribution in [0.3, 0.4) is 0 Å². The van der Waals surface area contributed by atoms with Crippen LogP contribution in [0.1, 0.15) is 24.9 Å². The third-order valence-corrected chi connectivity index (χ3v) is 4.31. The average Bonchev–Trinajstić information content (AvgIpc) is 3.15. The normalized spacial score (nSPS) is 23.5. The molecule has 1 fully saturated rings. The van der Waals surface area contributed by atoms with E-state index in [-0.39, 0.29) is 6.04 Å². The molecule has 0 heterocycles. The van der Waals surface area contributed by atoms with E-state index in [9.17, 15) is 0 Å². The Kier molecular flexibility index (Phi) is 3.54. The third kappa shape index (κ3) is 2.80. The number of benzene rings is 2. The second kappa shape index (κ2) is 5.32. The van der Waals surface area contributed by atoms with E-state index >= 15 is 0 Å². The lowest BCUT2D eigenvalue weighted by Crippen LogP contribution is -2.30. The van der Waals surface area contributed by atoms with Gasteiger partial charge < -0.3 is 11.1 Å². The van der Waals surface area contributed by atoms with E-state index in [1.807, 2.05) is 0 Å². The Balaban J connectivity index is 1.76. The summed E-state index contributed by atoms with van der Waals surface area (Å²) in [6.07, 6.45) is 1.36. The Bertz CT molecular complexity index is 564. The Morgan fingerprint density at radius 2 is 1.95 bits per heavy atom. The van der Waals surface area contributed by atoms with Crippen LogP contribution in [0, 0.1) is 11.8 Å². The van der Waals surface area contributed by atoms with Crippen LogP contribution in [0.4, 0.5) is 0 Å². The first-order valence-corrected chi connectivity index (χ1v) is 7.20. The quantitative estimate of drug-likeness (QED) is 0.860. The second-order valence-electron chi connectivity index (χ2n) is 5.78. The molecule has 0 amide bonds.